The molecular formula is C26H19BrClFN2O3. The molecule has 0 fully saturated rings. The smallest absolute Gasteiger partial charge is 0.275 e. The van der Waals surface area contributed by atoms with E-state index in [4.69, 9.17) is 21.1 Å². The van der Waals surface area contributed by atoms with E-state index in [1.165, 1.54) is 25.5 Å². The van der Waals surface area contributed by atoms with Crippen molar-refractivity contribution in [3.8, 4) is 11.5 Å². The van der Waals surface area contributed by atoms with Gasteiger partial charge in [-0.1, -0.05) is 48.0 Å². The molecule has 1 N–H and O–H groups in total. The molecule has 0 radical (unpaired) electrons. The number of nitrogens with one attached hydrogen (secondary N) is 1. The van der Waals surface area contributed by atoms with Crippen molar-refractivity contribution in [1.82, 2.24) is 5.43 Å². The molecule has 0 aliphatic heterocycles. The second-order valence-electron chi connectivity index (χ2n) is 7.33. The van der Waals surface area contributed by atoms with Crippen LogP contribution in [-0.4, -0.2) is 19.2 Å². The van der Waals surface area contributed by atoms with Gasteiger partial charge in [0.1, 0.15) is 18.2 Å². The molecule has 0 aromatic heterocycles. The Kier molecular flexibility index (Phi) is 7.45. The maximum atomic E-state index is 13.1. The molecule has 34 heavy (non-hydrogen) atoms. The first-order valence-electron chi connectivity index (χ1n) is 10.2. The van der Waals surface area contributed by atoms with Gasteiger partial charge in [0.05, 0.1) is 28.4 Å². The lowest BCUT2D eigenvalue weighted by Gasteiger charge is -2.11. The van der Waals surface area contributed by atoms with Crippen molar-refractivity contribution in [2.75, 3.05) is 7.11 Å². The Balaban J connectivity index is 1.45. The van der Waals surface area contributed by atoms with Gasteiger partial charge in [-0.25, -0.2) is 9.82 Å². The summed E-state index contributed by atoms with van der Waals surface area (Å²) >= 11 is 9.83. The second-order valence-corrected chi connectivity index (χ2v) is 8.59. The third-order valence-electron chi connectivity index (χ3n) is 5.01. The summed E-state index contributed by atoms with van der Waals surface area (Å²) in [4.78, 5) is 12.7. The quantitative estimate of drug-likeness (QED) is 0.208. The number of halogens is 3. The monoisotopic (exact) mass is 540 g/mol. The molecule has 0 aliphatic carbocycles. The molecule has 0 heterocycles. The van der Waals surface area contributed by atoms with Crippen LogP contribution in [0.4, 0.5) is 4.39 Å². The maximum Gasteiger partial charge on any atom is 0.275 e. The summed E-state index contributed by atoms with van der Waals surface area (Å²) in [6, 6.07) is 20.7. The van der Waals surface area contributed by atoms with Crippen LogP contribution in [0.1, 0.15) is 21.5 Å². The van der Waals surface area contributed by atoms with Crippen LogP contribution in [0.3, 0.4) is 0 Å². The molecule has 0 atom stereocenters. The highest BCUT2D eigenvalue weighted by Gasteiger charge is 2.13. The van der Waals surface area contributed by atoms with Crippen LogP contribution in [-0.2, 0) is 6.61 Å². The summed E-state index contributed by atoms with van der Waals surface area (Å²) in [7, 11) is 1.52. The first-order valence-corrected chi connectivity index (χ1v) is 11.4. The number of hydrazone groups is 1. The fourth-order valence-electron chi connectivity index (χ4n) is 3.32. The van der Waals surface area contributed by atoms with Gasteiger partial charge >= 0.3 is 0 Å². The third-order valence-corrected chi connectivity index (χ3v) is 5.88. The highest BCUT2D eigenvalue weighted by Crippen LogP contribution is 2.34. The number of carbonyl (C=O) groups is 1. The summed E-state index contributed by atoms with van der Waals surface area (Å²) in [5.41, 5.74) is 4.36. The number of fused-ring (bicyclic) bond motifs is 1. The van der Waals surface area contributed by atoms with E-state index in [9.17, 15) is 9.18 Å². The van der Waals surface area contributed by atoms with E-state index >= 15 is 0 Å². The predicted molar refractivity (Wildman–Crippen MR) is 135 cm³/mol. The van der Waals surface area contributed by atoms with Crippen molar-refractivity contribution in [1.29, 1.82) is 0 Å². The molecule has 1 amide bonds. The Morgan fingerprint density at radius 2 is 1.79 bits per heavy atom. The normalized spacial score (nSPS) is 11.1. The topological polar surface area (TPSA) is 59.9 Å². The van der Waals surface area contributed by atoms with Crippen LogP contribution in [0.25, 0.3) is 10.8 Å². The van der Waals surface area contributed by atoms with E-state index < -0.39 is 5.91 Å². The first-order chi connectivity index (χ1) is 16.4. The van der Waals surface area contributed by atoms with E-state index in [0.29, 0.717) is 32.1 Å². The van der Waals surface area contributed by atoms with Crippen LogP contribution >= 0.6 is 27.5 Å². The number of methoxy groups -OCH3 is 1. The lowest BCUT2D eigenvalue weighted by Crippen LogP contribution is -2.18. The number of amides is 1. The van der Waals surface area contributed by atoms with Crippen molar-refractivity contribution < 1.29 is 18.7 Å². The number of hydrogen-bond acceptors (Lipinski definition) is 4. The predicted octanol–water partition coefficient (Wildman–Crippen LogP) is 6.75. The average molecular weight is 542 g/mol. The van der Waals surface area contributed by atoms with Crippen molar-refractivity contribution >= 4 is 50.4 Å². The van der Waals surface area contributed by atoms with E-state index in [0.717, 1.165) is 16.3 Å². The van der Waals surface area contributed by atoms with Gasteiger partial charge in [-0.05, 0) is 74.2 Å². The van der Waals surface area contributed by atoms with Gasteiger partial charge in [0.2, 0.25) is 0 Å². The summed E-state index contributed by atoms with van der Waals surface area (Å²) in [5.74, 6) is 0.203. The number of benzene rings is 4. The summed E-state index contributed by atoms with van der Waals surface area (Å²) in [6.45, 7) is 0.232. The second kappa shape index (κ2) is 10.7. The Morgan fingerprint density at radius 3 is 2.47 bits per heavy atom. The van der Waals surface area contributed by atoms with Crippen LogP contribution < -0.4 is 14.9 Å². The minimum atomic E-state index is -0.400. The van der Waals surface area contributed by atoms with E-state index in [1.54, 1.807) is 30.3 Å². The fraction of sp³-hybridized carbons (Fsp3) is 0.0769. The molecule has 0 aliphatic rings. The highest BCUT2D eigenvalue weighted by molar-refractivity contribution is 9.10. The average Bonchev–Trinajstić information content (AvgIpc) is 2.83. The Hall–Kier alpha value is -3.42. The highest BCUT2D eigenvalue weighted by atomic mass is 79.9. The van der Waals surface area contributed by atoms with E-state index in [-0.39, 0.29) is 12.4 Å². The van der Waals surface area contributed by atoms with Gasteiger partial charge in [0.15, 0.2) is 5.75 Å². The van der Waals surface area contributed by atoms with E-state index in [1.807, 2.05) is 30.3 Å². The molecule has 0 saturated carbocycles. The number of carbonyl (C=O) groups excluding carboxylic acids is 1. The Bertz CT molecular complexity index is 1350. The lowest BCUT2D eigenvalue weighted by molar-refractivity contribution is 0.0952. The van der Waals surface area contributed by atoms with Gasteiger partial charge in [0, 0.05) is 0 Å². The molecule has 0 saturated heterocycles. The van der Waals surface area contributed by atoms with Crippen molar-refractivity contribution in [2.45, 2.75) is 6.61 Å². The van der Waals surface area contributed by atoms with Gasteiger partial charge in [-0.3, -0.25) is 4.79 Å². The van der Waals surface area contributed by atoms with Crippen molar-refractivity contribution in [3.63, 3.8) is 0 Å². The van der Waals surface area contributed by atoms with Crippen molar-refractivity contribution in [2.24, 2.45) is 5.10 Å². The molecule has 4 aromatic rings. The van der Waals surface area contributed by atoms with Crippen LogP contribution in [0.5, 0.6) is 11.5 Å². The molecule has 4 rings (SSSR count). The molecule has 0 bridgehead atoms. The summed E-state index contributed by atoms with van der Waals surface area (Å²) in [5, 5.41) is 6.31. The first kappa shape index (κ1) is 23.7. The molecule has 8 heteroatoms. The zero-order valence-corrected chi connectivity index (χ0v) is 20.4. The van der Waals surface area contributed by atoms with Gasteiger partial charge in [0.25, 0.3) is 5.91 Å². The third kappa shape index (κ3) is 5.55. The minimum absolute atomic E-state index is 0.232. The number of hydrogen-bond donors (Lipinski definition) is 1. The van der Waals surface area contributed by atoms with Crippen molar-refractivity contribution in [3.05, 3.63) is 105 Å². The fourth-order valence-corrected chi connectivity index (χ4v) is 4.31. The number of nitrogens with zero attached hydrogens (tertiary/aromatic N) is 1. The minimum Gasteiger partial charge on any atom is -0.496 e. The van der Waals surface area contributed by atoms with Crippen LogP contribution in [0.15, 0.2) is 82.4 Å². The molecule has 4 aromatic carbocycles. The standard InChI is InChI=1S/C26H19BrClFN2O3/c1-33-24-13-19-5-3-2-4-18(19)12-21(24)26(32)31-30-14-17-10-22(27)25(23(28)11-17)34-15-16-6-8-20(29)9-7-16/h2-14H,15H2,1H3,(H,31,32)/b30-14-. The molecular weight excluding hydrogens is 523 g/mol. The molecule has 172 valence electrons. The van der Waals surface area contributed by atoms with E-state index in [2.05, 4.69) is 26.5 Å². The maximum absolute atomic E-state index is 13.1. The largest absolute Gasteiger partial charge is 0.496 e. The molecule has 0 spiro atoms. The zero-order valence-electron chi connectivity index (χ0n) is 18.0. The Morgan fingerprint density at radius 1 is 1.09 bits per heavy atom. The van der Waals surface area contributed by atoms with Crippen LogP contribution in [0.2, 0.25) is 5.02 Å². The van der Waals surface area contributed by atoms with Gasteiger partial charge in [-0.2, -0.15) is 5.10 Å². The lowest BCUT2D eigenvalue weighted by atomic mass is 10.1. The van der Waals surface area contributed by atoms with Crippen LogP contribution in [0, 0.1) is 5.82 Å². The van der Waals surface area contributed by atoms with Gasteiger partial charge < -0.3 is 9.47 Å². The van der Waals surface area contributed by atoms with Gasteiger partial charge in [-0.15, -0.1) is 0 Å². The Labute approximate surface area is 209 Å². The summed E-state index contributed by atoms with van der Waals surface area (Å²) in [6.07, 6.45) is 1.48. The zero-order chi connectivity index (χ0) is 24.1. The SMILES string of the molecule is COc1cc2ccccc2cc1C(=O)N/N=C\c1cc(Cl)c(OCc2ccc(F)cc2)c(Br)c1. The molecule has 5 nitrogen and oxygen atoms in total. The number of ether oxygens (including phenoxy) is 2. The molecule has 0 unspecified atom stereocenters. The summed E-state index contributed by atoms with van der Waals surface area (Å²) < 4.78 is 24.8. The number of rotatable bonds is 7.